The molecule has 1 aliphatic heterocycles. The number of aromatic nitrogens is 1. The van der Waals surface area contributed by atoms with Gasteiger partial charge in [0.25, 0.3) is 11.6 Å². The van der Waals surface area contributed by atoms with Gasteiger partial charge in [0.2, 0.25) is 0 Å². The molecule has 2 unspecified atom stereocenters. The van der Waals surface area contributed by atoms with Gasteiger partial charge in [0.15, 0.2) is 0 Å². The highest BCUT2D eigenvalue weighted by atomic mass is 16.6. The first-order valence-corrected chi connectivity index (χ1v) is 7.37. The summed E-state index contributed by atoms with van der Waals surface area (Å²) < 4.78 is 1.63. The minimum Gasteiger partial charge on any atom is -0.337 e. The first kappa shape index (κ1) is 15.5. The van der Waals surface area contributed by atoms with E-state index in [9.17, 15) is 14.9 Å². The van der Waals surface area contributed by atoms with Crippen LogP contribution < -0.4 is 5.73 Å². The molecule has 0 saturated carbocycles. The maximum Gasteiger partial charge on any atom is 0.287 e. The van der Waals surface area contributed by atoms with Crippen molar-refractivity contribution in [3.63, 3.8) is 0 Å². The van der Waals surface area contributed by atoms with E-state index in [-0.39, 0.29) is 17.6 Å². The molecule has 0 bridgehead atoms. The minimum absolute atomic E-state index is 0.0408. The number of hydrogen-bond donors (Lipinski definition) is 1. The largest absolute Gasteiger partial charge is 0.337 e. The first-order valence-electron chi connectivity index (χ1n) is 7.37. The molecule has 0 aromatic carbocycles. The van der Waals surface area contributed by atoms with Gasteiger partial charge in [-0.25, -0.2) is 0 Å². The lowest BCUT2D eigenvalue weighted by atomic mass is 9.90. The summed E-state index contributed by atoms with van der Waals surface area (Å²) in [6.07, 6.45) is 3.12. The zero-order valence-corrected chi connectivity index (χ0v) is 12.5. The fraction of sp³-hybridized carbons (Fsp3) is 0.643. The number of nitrogens with zero attached hydrogens (tertiary/aromatic N) is 3. The van der Waals surface area contributed by atoms with Gasteiger partial charge >= 0.3 is 0 Å². The summed E-state index contributed by atoms with van der Waals surface area (Å²) in [5.74, 6) is 0.151. The summed E-state index contributed by atoms with van der Waals surface area (Å²) in [6.45, 7) is 5.69. The Balaban J connectivity index is 2.21. The molecule has 0 aliphatic carbocycles. The summed E-state index contributed by atoms with van der Waals surface area (Å²) in [6, 6.07) is 1.49. The van der Waals surface area contributed by atoms with Crippen molar-refractivity contribution in [2.75, 3.05) is 13.1 Å². The average Bonchev–Trinajstić information content (AvgIpc) is 2.91. The minimum atomic E-state index is -0.468. The number of carbonyl (C=O) groups is 1. The van der Waals surface area contributed by atoms with Crippen LogP contribution in [0.25, 0.3) is 0 Å². The van der Waals surface area contributed by atoms with E-state index >= 15 is 0 Å². The van der Waals surface area contributed by atoms with Gasteiger partial charge in [-0.1, -0.05) is 13.3 Å². The zero-order valence-electron chi connectivity index (χ0n) is 12.5. The summed E-state index contributed by atoms with van der Waals surface area (Å²) in [7, 11) is 0. The molecule has 7 heteroatoms. The van der Waals surface area contributed by atoms with Gasteiger partial charge in [-0.2, -0.15) is 0 Å². The molecular formula is C14H22N4O3. The Bertz CT molecular complexity index is 540. The lowest BCUT2D eigenvalue weighted by Crippen LogP contribution is -2.49. The van der Waals surface area contributed by atoms with Crippen LogP contribution in [0.4, 0.5) is 5.69 Å². The van der Waals surface area contributed by atoms with Crippen LogP contribution in [0.15, 0.2) is 12.3 Å². The number of amides is 1. The SMILES string of the molecule is CCC1CN(C(=O)c2cc([N+](=O)[O-])cn2CC)CCC1N. The summed E-state index contributed by atoms with van der Waals surface area (Å²) in [5, 5.41) is 10.9. The van der Waals surface area contributed by atoms with Crippen LogP contribution in [0.3, 0.4) is 0 Å². The van der Waals surface area contributed by atoms with E-state index in [1.165, 1.54) is 12.3 Å². The van der Waals surface area contributed by atoms with E-state index in [1.54, 1.807) is 9.47 Å². The molecule has 2 atom stereocenters. The standard InChI is InChI=1S/C14H22N4O3/c1-3-10-8-17(6-5-12(10)15)14(19)13-7-11(18(20)21)9-16(13)4-2/h7,9-10,12H,3-6,8,15H2,1-2H3. The molecule has 21 heavy (non-hydrogen) atoms. The van der Waals surface area contributed by atoms with Crippen LogP contribution in [-0.4, -0.2) is 39.4 Å². The highest BCUT2D eigenvalue weighted by Crippen LogP contribution is 2.23. The van der Waals surface area contributed by atoms with E-state index in [1.807, 2.05) is 6.92 Å². The number of rotatable bonds is 4. The number of aryl methyl sites for hydroxylation is 1. The van der Waals surface area contributed by atoms with Crippen molar-refractivity contribution in [1.82, 2.24) is 9.47 Å². The van der Waals surface area contributed by atoms with Gasteiger partial charge in [-0.05, 0) is 19.3 Å². The Hall–Kier alpha value is -1.89. The molecule has 2 heterocycles. The number of likely N-dealkylation sites (tertiary alicyclic amines) is 1. The third kappa shape index (κ3) is 3.07. The molecule has 7 nitrogen and oxygen atoms in total. The van der Waals surface area contributed by atoms with Crippen molar-refractivity contribution >= 4 is 11.6 Å². The maximum atomic E-state index is 12.6. The highest BCUT2D eigenvalue weighted by molar-refractivity contribution is 5.93. The number of nitrogens with two attached hydrogens (primary N) is 1. The molecule has 0 spiro atoms. The second-order valence-electron chi connectivity index (χ2n) is 5.50. The zero-order chi connectivity index (χ0) is 15.6. The van der Waals surface area contributed by atoms with Crippen LogP contribution in [-0.2, 0) is 6.54 Å². The first-order chi connectivity index (χ1) is 9.97. The molecule has 1 amide bonds. The van der Waals surface area contributed by atoms with Gasteiger partial charge < -0.3 is 15.2 Å². The van der Waals surface area contributed by atoms with Gasteiger partial charge in [0.05, 0.1) is 11.1 Å². The highest BCUT2D eigenvalue weighted by Gasteiger charge is 2.30. The Labute approximate surface area is 123 Å². The van der Waals surface area contributed by atoms with Crippen LogP contribution in [0.2, 0.25) is 0 Å². The molecule has 1 aromatic heterocycles. The third-order valence-electron chi connectivity index (χ3n) is 4.26. The van der Waals surface area contributed by atoms with E-state index in [2.05, 4.69) is 6.92 Å². The van der Waals surface area contributed by atoms with Crippen LogP contribution in [0.5, 0.6) is 0 Å². The van der Waals surface area contributed by atoms with E-state index in [4.69, 9.17) is 5.73 Å². The van der Waals surface area contributed by atoms with Crippen molar-refractivity contribution in [3.8, 4) is 0 Å². The molecule has 1 saturated heterocycles. The fourth-order valence-corrected chi connectivity index (χ4v) is 2.86. The quantitative estimate of drug-likeness (QED) is 0.674. The maximum absolute atomic E-state index is 12.6. The Morgan fingerprint density at radius 1 is 1.52 bits per heavy atom. The summed E-state index contributed by atoms with van der Waals surface area (Å²) >= 11 is 0. The van der Waals surface area contributed by atoms with Crippen LogP contribution in [0.1, 0.15) is 37.2 Å². The molecule has 2 N–H and O–H groups in total. The van der Waals surface area contributed by atoms with Crippen molar-refractivity contribution in [2.24, 2.45) is 11.7 Å². The molecular weight excluding hydrogens is 272 g/mol. The second-order valence-corrected chi connectivity index (χ2v) is 5.50. The Morgan fingerprint density at radius 2 is 2.24 bits per heavy atom. The lowest BCUT2D eigenvalue weighted by molar-refractivity contribution is -0.384. The predicted octanol–water partition coefficient (Wildman–Crippen LogP) is 1.62. The number of nitro groups is 1. The Morgan fingerprint density at radius 3 is 2.81 bits per heavy atom. The van der Waals surface area contributed by atoms with Crippen molar-refractivity contribution in [3.05, 3.63) is 28.1 Å². The van der Waals surface area contributed by atoms with E-state index < -0.39 is 4.92 Å². The second kappa shape index (κ2) is 6.26. The van der Waals surface area contributed by atoms with Gasteiger partial charge in [0.1, 0.15) is 5.69 Å². The summed E-state index contributed by atoms with van der Waals surface area (Å²) in [4.78, 5) is 24.8. The number of carbonyl (C=O) groups excluding carboxylic acids is 1. The van der Waals surface area contributed by atoms with Gasteiger partial charge in [0, 0.05) is 31.7 Å². The van der Waals surface area contributed by atoms with Gasteiger partial charge in [-0.3, -0.25) is 14.9 Å². The summed E-state index contributed by atoms with van der Waals surface area (Å²) in [5.41, 5.74) is 6.40. The smallest absolute Gasteiger partial charge is 0.287 e. The third-order valence-corrected chi connectivity index (χ3v) is 4.26. The van der Waals surface area contributed by atoms with Gasteiger partial charge in [-0.15, -0.1) is 0 Å². The monoisotopic (exact) mass is 294 g/mol. The number of hydrogen-bond acceptors (Lipinski definition) is 4. The topological polar surface area (TPSA) is 94.4 Å². The normalized spacial score (nSPS) is 22.3. The van der Waals surface area contributed by atoms with Crippen molar-refractivity contribution in [1.29, 1.82) is 0 Å². The predicted molar refractivity (Wildman–Crippen MR) is 79.0 cm³/mol. The molecule has 1 aromatic rings. The average molecular weight is 294 g/mol. The molecule has 0 radical (unpaired) electrons. The van der Waals surface area contributed by atoms with Crippen molar-refractivity contribution < 1.29 is 9.72 Å². The molecule has 1 fully saturated rings. The fourth-order valence-electron chi connectivity index (χ4n) is 2.86. The van der Waals surface area contributed by atoms with E-state index in [0.29, 0.717) is 31.2 Å². The van der Waals surface area contributed by atoms with Crippen LogP contribution >= 0.6 is 0 Å². The van der Waals surface area contributed by atoms with Crippen molar-refractivity contribution in [2.45, 2.75) is 39.3 Å². The van der Waals surface area contributed by atoms with E-state index in [0.717, 1.165) is 12.8 Å². The lowest BCUT2D eigenvalue weighted by Gasteiger charge is -2.36. The number of piperidine rings is 1. The molecule has 116 valence electrons. The molecule has 2 rings (SSSR count). The molecule has 1 aliphatic rings. The van der Waals surface area contributed by atoms with Crippen LogP contribution in [0, 0.1) is 16.0 Å². The Kier molecular flexibility index (Phi) is 4.62.